The molecule has 0 aromatic heterocycles. The Morgan fingerprint density at radius 1 is 1.58 bits per heavy atom. The van der Waals surface area contributed by atoms with E-state index in [0.717, 1.165) is 0 Å². The van der Waals surface area contributed by atoms with Gasteiger partial charge < -0.3 is 5.11 Å². The molecule has 0 amide bonds. The Morgan fingerprint density at radius 3 is 2.33 bits per heavy atom. The van der Waals surface area contributed by atoms with Gasteiger partial charge in [-0.2, -0.15) is 13.2 Å². The van der Waals surface area contributed by atoms with Gasteiger partial charge >= 0.3 is 12.1 Å². The quantitative estimate of drug-likeness (QED) is 0.670. The van der Waals surface area contributed by atoms with Crippen molar-refractivity contribution in [2.75, 3.05) is 0 Å². The zero-order chi connectivity index (χ0) is 9.78. The van der Waals surface area contributed by atoms with Crippen LogP contribution in [0.2, 0.25) is 0 Å². The molecule has 0 heterocycles. The number of halogens is 3. The van der Waals surface area contributed by atoms with Crippen LogP contribution in [0.1, 0.15) is 12.8 Å². The van der Waals surface area contributed by atoms with Crippen LogP contribution >= 0.6 is 0 Å². The maximum Gasteiger partial charge on any atom is 0.389 e. The number of carboxylic acid groups (broad SMARTS) is 1. The Kier molecular flexibility index (Phi) is 3.61. The third-order valence-corrected chi connectivity index (χ3v) is 1.19. The number of rotatable bonds is 3. The fraction of sp³-hybridized carbons (Fsp3) is 0.571. The van der Waals surface area contributed by atoms with Crippen LogP contribution in [0.5, 0.6) is 0 Å². The van der Waals surface area contributed by atoms with Gasteiger partial charge in [-0.25, -0.2) is 0 Å². The second-order valence-electron chi connectivity index (χ2n) is 2.26. The third-order valence-electron chi connectivity index (χ3n) is 1.19. The molecule has 0 radical (unpaired) electrons. The molecule has 1 N–H and O–H groups in total. The van der Waals surface area contributed by atoms with Crippen molar-refractivity contribution in [3.63, 3.8) is 0 Å². The van der Waals surface area contributed by atoms with Gasteiger partial charge in [-0.1, -0.05) is 0 Å². The second kappa shape index (κ2) is 4.00. The molecule has 5 heteroatoms. The van der Waals surface area contributed by atoms with Crippen LogP contribution < -0.4 is 0 Å². The van der Waals surface area contributed by atoms with Crippen molar-refractivity contribution < 1.29 is 23.1 Å². The molecule has 1 atom stereocenters. The predicted molar refractivity (Wildman–Crippen MR) is 35.2 cm³/mol. The first-order chi connectivity index (χ1) is 5.37. The van der Waals surface area contributed by atoms with Gasteiger partial charge in [0.15, 0.2) is 0 Å². The summed E-state index contributed by atoms with van der Waals surface area (Å²) in [5.74, 6) is -1.14. The first-order valence-corrected chi connectivity index (χ1v) is 3.10. The number of terminal acetylenes is 1. The molecule has 0 rings (SSSR count). The molecule has 0 unspecified atom stereocenters. The Bertz CT molecular complexity index is 202. The monoisotopic (exact) mass is 180 g/mol. The number of aliphatic carboxylic acids is 1. The molecule has 0 bridgehead atoms. The highest BCUT2D eigenvalue weighted by Crippen LogP contribution is 2.26. The largest absolute Gasteiger partial charge is 0.481 e. The van der Waals surface area contributed by atoms with Crippen LogP contribution in [0.25, 0.3) is 0 Å². The summed E-state index contributed by atoms with van der Waals surface area (Å²) in [6.07, 6.45) is -1.53. The number of carboxylic acids is 1. The lowest BCUT2D eigenvalue weighted by atomic mass is 10.0. The van der Waals surface area contributed by atoms with Gasteiger partial charge in [0.1, 0.15) is 0 Å². The summed E-state index contributed by atoms with van der Waals surface area (Å²) in [5.41, 5.74) is 0. The van der Waals surface area contributed by atoms with E-state index in [0.29, 0.717) is 0 Å². The zero-order valence-electron chi connectivity index (χ0n) is 6.06. The molecule has 0 aromatic rings. The minimum absolute atomic E-state index is 0.394. The molecule has 0 saturated carbocycles. The van der Waals surface area contributed by atoms with Crippen LogP contribution in [0, 0.1) is 18.3 Å². The molecule has 2 nitrogen and oxygen atoms in total. The zero-order valence-corrected chi connectivity index (χ0v) is 6.06. The van der Waals surface area contributed by atoms with Crippen LogP contribution in [-0.2, 0) is 4.79 Å². The Morgan fingerprint density at radius 2 is 2.08 bits per heavy atom. The summed E-state index contributed by atoms with van der Waals surface area (Å²) >= 11 is 0. The van der Waals surface area contributed by atoms with E-state index < -0.39 is 30.9 Å². The normalized spacial score (nSPS) is 13.5. The van der Waals surface area contributed by atoms with Crippen molar-refractivity contribution in [2.45, 2.75) is 19.0 Å². The molecular weight excluding hydrogens is 173 g/mol. The molecule has 0 aromatic carbocycles. The lowest BCUT2D eigenvalue weighted by Crippen LogP contribution is -2.21. The summed E-state index contributed by atoms with van der Waals surface area (Å²) in [6, 6.07) is 0. The number of hydrogen-bond donors (Lipinski definition) is 1. The molecule has 12 heavy (non-hydrogen) atoms. The molecule has 0 fully saturated rings. The number of carbonyl (C=O) groups is 1. The highest BCUT2D eigenvalue weighted by molar-refractivity contribution is 5.70. The summed E-state index contributed by atoms with van der Waals surface area (Å²) in [5, 5.41) is 8.27. The van der Waals surface area contributed by atoms with E-state index in [1.165, 1.54) is 0 Å². The summed E-state index contributed by atoms with van der Waals surface area (Å²) in [4.78, 5) is 10.2. The fourth-order valence-electron chi connectivity index (χ4n) is 0.668. The molecular formula is C7H7F3O2. The molecule has 0 aliphatic heterocycles. The van der Waals surface area contributed by atoms with Gasteiger partial charge in [-0.05, 0) is 0 Å². The van der Waals surface area contributed by atoms with E-state index in [9.17, 15) is 18.0 Å². The second-order valence-corrected chi connectivity index (χ2v) is 2.26. The predicted octanol–water partition coefficient (Wildman–Crippen LogP) is 1.66. The van der Waals surface area contributed by atoms with Gasteiger partial charge in [0, 0.05) is 6.42 Å². The average Bonchev–Trinajstić information content (AvgIpc) is 1.83. The van der Waals surface area contributed by atoms with Gasteiger partial charge in [0.2, 0.25) is 0 Å². The lowest BCUT2D eigenvalue weighted by Gasteiger charge is -2.11. The van der Waals surface area contributed by atoms with Crippen molar-refractivity contribution in [2.24, 2.45) is 5.92 Å². The highest BCUT2D eigenvalue weighted by Gasteiger charge is 2.34. The highest BCUT2D eigenvalue weighted by atomic mass is 19.4. The van der Waals surface area contributed by atoms with Crippen LogP contribution in [-0.4, -0.2) is 17.3 Å². The minimum atomic E-state index is -4.47. The Labute approximate surface area is 67.4 Å². The van der Waals surface area contributed by atoms with Crippen molar-refractivity contribution in [3.8, 4) is 12.3 Å². The molecule has 0 aliphatic rings. The summed E-state index contributed by atoms with van der Waals surface area (Å²) < 4.78 is 35.0. The molecule has 0 saturated heterocycles. The van der Waals surface area contributed by atoms with Crippen LogP contribution in [0.15, 0.2) is 0 Å². The van der Waals surface area contributed by atoms with E-state index in [1.54, 1.807) is 0 Å². The molecule has 0 aliphatic carbocycles. The fourth-order valence-corrected chi connectivity index (χ4v) is 0.668. The molecule has 68 valence electrons. The molecule has 0 spiro atoms. The van der Waals surface area contributed by atoms with Crippen molar-refractivity contribution >= 4 is 5.97 Å². The summed E-state index contributed by atoms with van der Waals surface area (Å²) in [7, 11) is 0. The van der Waals surface area contributed by atoms with E-state index in [4.69, 9.17) is 11.5 Å². The van der Waals surface area contributed by atoms with Gasteiger partial charge in [0.25, 0.3) is 0 Å². The van der Waals surface area contributed by atoms with Gasteiger partial charge in [-0.15, -0.1) is 12.3 Å². The standard InChI is InChI=1S/C7H7F3O2/c1-2-3-5(6(11)12)4-7(8,9)10/h1,5H,3-4H2,(H,11,12)/t5-/m1/s1. The SMILES string of the molecule is C#CC[C@H](CC(F)(F)F)C(=O)O. The topological polar surface area (TPSA) is 37.3 Å². The van der Waals surface area contributed by atoms with Gasteiger partial charge in [0.05, 0.1) is 12.3 Å². The van der Waals surface area contributed by atoms with Crippen LogP contribution in [0.4, 0.5) is 13.2 Å². The number of alkyl halides is 3. The van der Waals surface area contributed by atoms with Crippen molar-refractivity contribution in [1.82, 2.24) is 0 Å². The number of hydrogen-bond acceptors (Lipinski definition) is 1. The average molecular weight is 180 g/mol. The first-order valence-electron chi connectivity index (χ1n) is 3.10. The minimum Gasteiger partial charge on any atom is -0.481 e. The Balaban J connectivity index is 4.16. The van der Waals surface area contributed by atoms with E-state index >= 15 is 0 Å². The summed E-state index contributed by atoms with van der Waals surface area (Å²) in [6.45, 7) is 0. The maximum absolute atomic E-state index is 11.7. The van der Waals surface area contributed by atoms with Crippen molar-refractivity contribution in [1.29, 1.82) is 0 Å². The smallest absolute Gasteiger partial charge is 0.389 e. The Hall–Kier alpha value is -1.18. The van der Waals surface area contributed by atoms with E-state index in [-0.39, 0.29) is 0 Å². The van der Waals surface area contributed by atoms with Gasteiger partial charge in [-0.3, -0.25) is 4.79 Å². The lowest BCUT2D eigenvalue weighted by molar-refractivity contribution is -0.163. The first kappa shape index (κ1) is 10.8. The maximum atomic E-state index is 11.7. The third kappa shape index (κ3) is 4.61. The van der Waals surface area contributed by atoms with Crippen LogP contribution in [0.3, 0.4) is 0 Å². The van der Waals surface area contributed by atoms with E-state index in [1.807, 2.05) is 5.92 Å². The van der Waals surface area contributed by atoms with E-state index in [2.05, 4.69) is 0 Å². The van der Waals surface area contributed by atoms with Crippen molar-refractivity contribution in [3.05, 3.63) is 0 Å².